The van der Waals surface area contributed by atoms with Gasteiger partial charge in [0, 0.05) is 34.5 Å². The van der Waals surface area contributed by atoms with E-state index in [2.05, 4.69) is 12.2 Å². The lowest BCUT2D eigenvalue weighted by atomic mass is 10.2. The molecule has 2 nitrogen and oxygen atoms in total. The minimum Gasteiger partial charge on any atom is -0.396 e. The Morgan fingerprint density at radius 2 is 2.05 bits per heavy atom. The van der Waals surface area contributed by atoms with Crippen LogP contribution in [0.4, 0.5) is 4.39 Å². The third kappa shape index (κ3) is 4.13. The molecule has 2 N–H and O–H groups in total. The van der Waals surface area contributed by atoms with E-state index in [1.54, 1.807) is 17.4 Å². The van der Waals surface area contributed by atoms with Crippen molar-refractivity contribution in [3.63, 3.8) is 0 Å². The first kappa shape index (κ1) is 15.2. The second-order valence-corrected chi connectivity index (χ2v) is 6.06. The molecule has 0 radical (unpaired) electrons. The highest BCUT2D eigenvalue weighted by Crippen LogP contribution is 2.29. The van der Waals surface area contributed by atoms with Gasteiger partial charge in [-0.3, -0.25) is 0 Å². The Morgan fingerprint density at radius 1 is 1.25 bits per heavy atom. The van der Waals surface area contributed by atoms with Crippen LogP contribution in [0.1, 0.15) is 24.6 Å². The molecule has 0 spiro atoms. The van der Waals surface area contributed by atoms with E-state index in [0.717, 1.165) is 24.3 Å². The Bertz CT molecular complexity index is 541. The number of nitrogens with one attached hydrogen (secondary N) is 1. The van der Waals surface area contributed by atoms with Gasteiger partial charge in [-0.2, -0.15) is 0 Å². The molecular weight excluding hydrogens is 273 g/mol. The topological polar surface area (TPSA) is 32.3 Å². The summed E-state index contributed by atoms with van der Waals surface area (Å²) in [5, 5.41) is 12.2. The van der Waals surface area contributed by atoms with Gasteiger partial charge >= 0.3 is 0 Å². The lowest BCUT2D eigenvalue weighted by Gasteiger charge is -2.11. The zero-order valence-corrected chi connectivity index (χ0v) is 12.4. The van der Waals surface area contributed by atoms with E-state index in [1.165, 1.54) is 10.9 Å². The Hall–Kier alpha value is -1.23. The van der Waals surface area contributed by atoms with Crippen molar-refractivity contribution in [3.05, 3.63) is 47.1 Å². The van der Waals surface area contributed by atoms with Gasteiger partial charge in [0.15, 0.2) is 0 Å². The van der Waals surface area contributed by atoms with Crippen LogP contribution in [0, 0.1) is 5.82 Å². The zero-order valence-electron chi connectivity index (χ0n) is 11.6. The number of hydrogen-bond donors (Lipinski definition) is 2. The highest BCUT2D eigenvalue weighted by atomic mass is 32.1. The summed E-state index contributed by atoms with van der Waals surface area (Å²) in [6, 6.07) is 11.2. The number of halogens is 1. The maximum absolute atomic E-state index is 13.7. The van der Waals surface area contributed by atoms with Gasteiger partial charge in [-0.15, -0.1) is 11.3 Å². The minimum absolute atomic E-state index is 0.176. The van der Waals surface area contributed by atoms with Crippen molar-refractivity contribution >= 4 is 11.3 Å². The van der Waals surface area contributed by atoms with E-state index >= 15 is 0 Å². The van der Waals surface area contributed by atoms with Crippen molar-refractivity contribution < 1.29 is 9.50 Å². The molecule has 2 aromatic rings. The molecule has 0 saturated carbocycles. The Morgan fingerprint density at radius 3 is 2.80 bits per heavy atom. The van der Waals surface area contributed by atoms with Gasteiger partial charge in [0.05, 0.1) is 0 Å². The summed E-state index contributed by atoms with van der Waals surface area (Å²) in [5.74, 6) is -0.176. The van der Waals surface area contributed by atoms with Crippen molar-refractivity contribution in [1.29, 1.82) is 0 Å². The van der Waals surface area contributed by atoms with E-state index in [0.29, 0.717) is 11.6 Å². The minimum atomic E-state index is -0.176. The molecule has 0 aliphatic heterocycles. The average molecular weight is 293 g/mol. The molecule has 0 amide bonds. The fraction of sp³-hybridized carbons (Fsp3) is 0.375. The quantitative estimate of drug-likeness (QED) is 0.813. The molecule has 4 heteroatoms. The van der Waals surface area contributed by atoms with Gasteiger partial charge in [0.2, 0.25) is 0 Å². The van der Waals surface area contributed by atoms with Gasteiger partial charge in [0.1, 0.15) is 5.82 Å². The van der Waals surface area contributed by atoms with E-state index < -0.39 is 0 Å². The summed E-state index contributed by atoms with van der Waals surface area (Å²) in [6.07, 6.45) is 1.78. The number of aliphatic hydroxyl groups is 1. The van der Waals surface area contributed by atoms with Crippen LogP contribution in [-0.2, 0) is 6.54 Å². The maximum Gasteiger partial charge on any atom is 0.131 e. The predicted molar refractivity (Wildman–Crippen MR) is 82.3 cm³/mol. The predicted octanol–water partition coefficient (Wildman–Crippen LogP) is 3.80. The Balaban J connectivity index is 1.94. The fourth-order valence-electron chi connectivity index (χ4n) is 2.05. The largest absolute Gasteiger partial charge is 0.396 e. The second kappa shape index (κ2) is 7.53. The monoisotopic (exact) mass is 293 g/mol. The average Bonchev–Trinajstić information content (AvgIpc) is 2.92. The smallest absolute Gasteiger partial charge is 0.131 e. The van der Waals surface area contributed by atoms with Crippen molar-refractivity contribution in [2.45, 2.75) is 32.4 Å². The molecule has 1 unspecified atom stereocenters. The van der Waals surface area contributed by atoms with Crippen molar-refractivity contribution in [2.75, 3.05) is 6.61 Å². The summed E-state index contributed by atoms with van der Waals surface area (Å²) >= 11 is 1.61. The molecule has 1 aromatic heterocycles. The SMILES string of the molecule is CC(CCCO)NCc1ccc(-c2ccccc2F)s1. The molecule has 0 fully saturated rings. The van der Waals surface area contributed by atoms with Crippen LogP contribution in [0.25, 0.3) is 10.4 Å². The molecule has 0 aliphatic carbocycles. The van der Waals surface area contributed by atoms with Crippen LogP contribution >= 0.6 is 11.3 Å². The fourth-order valence-corrected chi connectivity index (χ4v) is 3.04. The van der Waals surface area contributed by atoms with Crippen LogP contribution in [0.3, 0.4) is 0 Å². The first-order valence-corrected chi connectivity index (χ1v) is 7.70. The molecule has 1 heterocycles. The van der Waals surface area contributed by atoms with E-state index in [-0.39, 0.29) is 12.4 Å². The summed E-state index contributed by atoms with van der Waals surface area (Å²) in [6.45, 7) is 3.13. The number of aliphatic hydroxyl groups excluding tert-OH is 1. The number of rotatable bonds is 7. The summed E-state index contributed by atoms with van der Waals surface area (Å²) in [7, 11) is 0. The highest BCUT2D eigenvalue weighted by Gasteiger charge is 2.08. The first-order chi connectivity index (χ1) is 9.70. The van der Waals surface area contributed by atoms with Gasteiger partial charge in [-0.25, -0.2) is 4.39 Å². The highest BCUT2D eigenvalue weighted by molar-refractivity contribution is 7.15. The molecule has 1 atom stereocenters. The van der Waals surface area contributed by atoms with E-state index in [4.69, 9.17) is 5.11 Å². The third-order valence-corrected chi connectivity index (χ3v) is 4.34. The van der Waals surface area contributed by atoms with Crippen LogP contribution in [-0.4, -0.2) is 17.8 Å². The van der Waals surface area contributed by atoms with Crippen molar-refractivity contribution in [3.8, 4) is 10.4 Å². The number of benzene rings is 1. The number of thiophene rings is 1. The molecule has 108 valence electrons. The lowest BCUT2D eigenvalue weighted by molar-refractivity contribution is 0.276. The summed E-state index contributed by atoms with van der Waals surface area (Å²) in [5.41, 5.74) is 0.664. The van der Waals surface area contributed by atoms with Gasteiger partial charge in [0.25, 0.3) is 0 Å². The summed E-state index contributed by atoms with van der Waals surface area (Å²) in [4.78, 5) is 2.15. The second-order valence-electron chi connectivity index (χ2n) is 4.89. The van der Waals surface area contributed by atoms with Gasteiger partial charge in [-0.1, -0.05) is 18.2 Å². The molecule has 0 bridgehead atoms. The maximum atomic E-state index is 13.7. The van der Waals surface area contributed by atoms with Crippen LogP contribution in [0.15, 0.2) is 36.4 Å². The van der Waals surface area contributed by atoms with E-state index in [9.17, 15) is 4.39 Å². The number of hydrogen-bond acceptors (Lipinski definition) is 3. The molecule has 0 aliphatic rings. The third-order valence-electron chi connectivity index (χ3n) is 3.22. The summed E-state index contributed by atoms with van der Waals surface area (Å²) < 4.78 is 13.7. The van der Waals surface area contributed by atoms with Crippen molar-refractivity contribution in [2.24, 2.45) is 0 Å². The normalized spacial score (nSPS) is 12.6. The molecule has 20 heavy (non-hydrogen) atoms. The van der Waals surface area contributed by atoms with E-state index in [1.807, 2.05) is 24.3 Å². The molecular formula is C16H20FNOS. The first-order valence-electron chi connectivity index (χ1n) is 6.88. The standard InChI is InChI=1S/C16H20FNOS/c1-12(5-4-10-19)18-11-13-8-9-16(20-13)14-6-2-3-7-15(14)17/h2-3,6-9,12,18-19H,4-5,10-11H2,1H3. The Labute approximate surface area is 123 Å². The van der Waals surface area contributed by atoms with Gasteiger partial charge in [-0.05, 0) is 38.0 Å². The molecule has 1 aromatic carbocycles. The van der Waals surface area contributed by atoms with Crippen LogP contribution in [0.2, 0.25) is 0 Å². The molecule has 2 rings (SSSR count). The van der Waals surface area contributed by atoms with Crippen LogP contribution in [0.5, 0.6) is 0 Å². The van der Waals surface area contributed by atoms with Gasteiger partial charge < -0.3 is 10.4 Å². The molecule has 0 saturated heterocycles. The Kier molecular flexibility index (Phi) is 5.71. The lowest BCUT2D eigenvalue weighted by Crippen LogP contribution is -2.25. The zero-order chi connectivity index (χ0) is 14.4. The van der Waals surface area contributed by atoms with Crippen molar-refractivity contribution in [1.82, 2.24) is 5.32 Å². The van der Waals surface area contributed by atoms with Crippen LogP contribution < -0.4 is 5.32 Å².